The second-order valence-corrected chi connectivity index (χ2v) is 5.90. The average Bonchev–Trinajstić information content (AvgIpc) is 2.86. The van der Waals surface area contributed by atoms with Crippen molar-refractivity contribution >= 4 is 39.9 Å². The number of hydrogen-bond donors (Lipinski definition) is 0. The van der Waals surface area contributed by atoms with E-state index < -0.39 is 0 Å². The fourth-order valence-electron chi connectivity index (χ4n) is 2.68. The Kier molecular flexibility index (Phi) is 4.60. The van der Waals surface area contributed by atoms with Crippen LogP contribution < -0.4 is 4.74 Å². The summed E-state index contributed by atoms with van der Waals surface area (Å²) in [5.41, 5.74) is 2.43. The lowest BCUT2D eigenvalue weighted by atomic mass is 10.1. The van der Waals surface area contributed by atoms with E-state index in [1.807, 2.05) is 35.9 Å². The zero-order valence-electron chi connectivity index (χ0n) is 12.6. The summed E-state index contributed by atoms with van der Waals surface area (Å²) in [5.74, 6) is 0.546. The summed E-state index contributed by atoms with van der Waals surface area (Å²) in [5, 5.41) is 1.55. The van der Waals surface area contributed by atoms with Gasteiger partial charge >= 0.3 is 0 Å². The lowest BCUT2D eigenvalue weighted by Gasteiger charge is -2.09. The number of hydrogen-bond acceptors (Lipinski definition) is 2. The molecule has 0 saturated heterocycles. The van der Waals surface area contributed by atoms with Crippen LogP contribution in [0.2, 0.25) is 5.02 Å². The molecule has 0 spiro atoms. The molecule has 5 heteroatoms. The first-order chi connectivity index (χ1) is 11.1. The van der Waals surface area contributed by atoms with E-state index in [0.29, 0.717) is 16.3 Å². The van der Waals surface area contributed by atoms with E-state index in [1.165, 1.54) is 0 Å². The molecule has 0 aliphatic heterocycles. The molecular weight excluding hydrogens is 333 g/mol. The summed E-state index contributed by atoms with van der Waals surface area (Å²) in [7, 11) is 1.92. The Bertz CT molecular complexity index is 853. The van der Waals surface area contributed by atoms with E-state index in [2.05, 4.69) is 0 Å². The normalized spacial score (nSPS) is 10.9. The molecule has 0 fully saturated rings. The number of alkyl halides is 1. The molecular formula is C18H15Cl2NO2. The van der Waals surface area contributed by atoms with Crippen molar-refractivity contribution < 1.29 is 9.53 Å². The molecule has 0 N–H and O–H groups in total. The van der Waals surface area contributed by atoms with Crippen LogP contribution in [0, 0.1) is 0 Å². The van der Waals surface area contributed by atoms with Crippen molar-refractivity contribution in [2.45, 2.75) is 6.61 Å². The van der Waals surface area contributed by atoms with Gasteiger partial charge in [-0.3, -0.25) is 4.79 Å². The minimum atomic E-state index is -0.0989. The molecule has 0 amide bonds. The molecule has 1 aromatic heterocycles. The van der Waals surface area contributed by atoms with Gasteiger partial charge in [0.2, 0.25) is 0 Å². The van der Waals surface area contributed by atoms with Gasteiger partial charge in [-0.2, -0.15) is 0 Å². The van der Waals surface area contributed by atoms with Crippen molar-refractivity contribution in [2.75, 3.05) is 5.88 Å². The number of fused-ring (bicyclic) bond motifs is 1. The molecule has 0 aliphatic rings. The highest BCUT2D eigenvalue weighted by molar-refractivity contribution is 6.32. The molecule has 0 radical (unpaired) electrons. The first-order valence-corrected chi connectivity index (χ1v) is 8.07. The highest BCUT2D eigenvalue weighted by atomic mass is 35.5. The summed E-state index contributed by atoms with van der Waals surface area (Å²) in [6.45, 7) is 0.283. The third-order valence-corrected chi connectivity index (χ3v) is 4.31. The standard InChI is InChI=1S/C18H15Cl2NO2/c1-21-15-5-3-2-4-14(15)18(17(22)10-19)16(21)11-23-13-8-6-12(20)7-9-13/h2-9H,10-11H2,1H3. The maximum atomic E-state index is 12.3. The average molecular weight is 348 g/mol. The van der Waals surface area contributed by atoms with E-state index in [-0.39, 0.29) is 18.3 Å². The molecule has 23 heavy (non-hydrogen) atoms. The van der Waals surface area contributed by atoms with Gasteiger partial charge in [-0.25, -0.2) is 0 Å². The number of ether oxygens (including phenoxy) is 1. The predicted molar refractivity (Wildman–Crippen MR) is 93.8 cm³/mol. The zero-order chi connectivity index (χ0) is 16.4. The molecule has 3 nitrogen and oxygen atoms in total. The largest absolute Gasteiger partial charge is 0.487 e. The molecule has 0 saturated carbocycles. The molecule has 0 aliphatic carbocycles. The Morgan fingerprint density at radius 1 is 1.13 bits per heavy atom. The van der Waals surface area contributed by atoms with Gasteiger partial charge in [0.15, 0.2) is 5.78 Å². The Balaban J connectivity index is 2.00. The summed E-state index contributed by atoms with van der Waals surface area (Å²) in [4.78, 5) is 12.3. The molecule has 2 aromatic carbocycles. The number of halogens is 2. The van der Waals surface area contributed by atoms with Gasteiger partial charge in [0, 0.05) is 23.0 Å². The van der Waals surface area contributed by atoms with Crippen molar-refractivity contribution in [1.82, 2.24) is 4.57 Å². The second kappa shape index (κ2) is 6.65. The Morgan fingerprint density at radius 3 is 2.52 bits per heavy atom. The summed E-state index contributed by atoms with van der Waals surface area (Å²) >= 11 is 11.7. The van der Waals surface area contributed by atoms with Crippen LogP contribution in [0.15, 0.2) is 48.5 Å². The number of aromatic nitrogens is 1. The van der Waals surface area contributed by atoms with Gasteiger partial charge in [0.25, 0.3) is 0 Å². The SMILES string of the molecule is Cn1c(COc2ccc(Cl)cc2)c(C(=O)CCl)c2ccccc21. The number of carbonyl (C=O) groups is 1. The second-order valence-electron chi connectivity index (χ2n) is 5.20. The molecule has 3 rings (SSSR count). The number of carbonyl (C=O) groups excluding carboxylic acids is 1. The van der Waals surface area contributed by atoms with Crippen LogP contribution in [0.3, 0.4) is 0 Å². The van der Waals surface area contributed by atoms with Crippen molar-refractivity contribution in [2.24, 2.45) is 7.05 Å². The van der Waals surface area contributed by atoms with Crippen molar-refractivity contribution in [3.05, 3.63) is 64.8 Å². The fourth-order valence-corrected chi connectivity index (χ4v) is 2.94. The highest BCUT2D eigenvalue weighted by Crippen LogP contribution is 2.27. The smallest absolute Gasteiger partial charge is 0.180 e. The van der Waals surface area contributed by atoms with Gasteiger partial charge < -0.3 is 9.30 Å². The highest BCUT2D eigenvalue weighted by Gasteiger charge is 2.20. The monoisotopic (exact) mass is 347 g/mol. The zero-order valence-corrected chi connectivity index (χ0v) is 14.1. The van der Waals surface area contributed by atoms with Crippen LogP contribution >= 0.6 is 23.2 Å². The first kappa shape index (κ1) is 15.9. The van der Waals surface area contributed by atoms with Gasteiger partial charge in [0.05, 0.1) is 17.1 Å². The maximum absolute atomic E-state index is 12.3. The summed E-state index contributed by atoms with van der Waals surface area (Å²) in [6, 6.07) is 14.9. The van der Waals surface area contributed by atoms with E-state index in [0.717, 1.165) is 16.6 Å². The van der Waals surface area contributed by atoms with Crippen LogP contribution in [-0.2, 0) is 13.7 Å². The Labute approximate surface area is 144 Å². The number of Topliss-reactive ketones (excluding diaryl/α,β-unsaturated/α-hetero) is 1. The molecule has 1 heterocycles. The van der Waals surface area contributed by atoms with Gasteiger partial charge in [-0.05, 0) is 30.3 Å². The topological polar surface area (TPSA) is 31.2 Å². The van der Waals surface area contributed by atoms with Crippen LogP contribution in [0.1, 0.15) is 16.1 Å². The minimum Gasteiger partial charge on any atom is -0.487 e. The molecule has 118 valence electrons. The number of aryl methyl sites for hydroxylation is 1. The number of nitrogens with zero attached hydrogens (tertiary/aromatic N) is 1. The molecule has 0 bridgehead atoms. The lowest BCUT2D eigenvalue weighted by molar-refractivity contribution is 0.101. The van der Waals surface area contributed by atoms with Crippen LogP contribution in [0.25, 0.3) is 10.9 Å². The maximum Gasteiger partial charge on any atom is 0.180 e. The fraction of sp³-hybridized carbons (Fsp3) is 0.167. The third kappa shape index (κ3) is 3.07. The van der Waals surface area contributed by atoms with Gasteiger partial charge in [-0.1, -0.05) is 29.8 Å². The Hall–Kier alpha value is -1.97. The van der Waals surface area contributed by atoms with Crippen molar-refractivity contribution in [3.8, 4) is 5.75 Å². The van der Waals surface area contributed by atoms with Crippen LogP contribution in [0.5, 0.6) is 5.75 Å². The van der Waals surface area contributed by atoms with Crippen LogP contribution in [-0.4, -0.2) is 16.2 Å². The van der Waals surface area contributed by atoms with E-state index in [9.17, 15) is 4.79 Å². The van der Waals surface area contributed by atoms with Crippen LogP contribution in [0.4, 0.5) is 0 Å². The molecule has 0 atom stereocenters. The summed E-state index contributed by atoms with van der Waals surface area (Å²) < 4.78 is 7.80. The molecule has 0 unspecified atom stereocenters. The lowest BCUT2D eigenvalue weighted by Crippen LogP contribution is -2.09. The number of benzene rings is 2. The Morgan fingerprint density at radius 2 is 1.83 bits per heavy atom. The van der Waals surface area contributed by atoms with Gasteiger partial charge in [0.1, 0.15) is 12.4 Å². The van der Waals surface area contributed by atoms with Crippen molar-refractivity contribution in [3.63, 3.8) is 0 Å². The number of rotatable bonds is 5. The predicted octanol–water partition coefficient (Wildman–Crippen LogP) is 4.83. The molecule has 3 aromatic rings. The van der Waals surface area contributed by atoms with E-state index in [4.69, 9.17) is 27.9 Å². The van der Waals surface area contributed by atoms with E-state index in [1.54, 1.807) is 24.3 Å². The van der Waals surface area contributed by atoms with Gasteiger partial charge in [-0.15, -0.1) is 11.6 Å². The quantitative estimate of drug-likeness (QED) is 0.488. The minimum absolute atomic E-state index is 0.0536. The number of ketones is 1. The first-order valence-electron chi connectivity index (χ1n) is 7.15. The van der Waals surface area contributed by atoms with Crippen molar-refractivity contribution in [1.29, 1.82) is 0 Å². The third-order valence-electron chi connectivity index (χ3n) is 3.82. The number of para-hydroxylation sites is 1. The summed E-state index contributed by atoms with van der Waals surface area (Å²) in [6.07, 6.45) is 0. The van der Waals surface area contributed by atoms with E-state index >= 15 is 0 Å².